The van der Waals surface area contributed by atoms with Crippen LogP contribution in [0, 0.1) is 6.92 Å². The zero-order chi connectivity index (χ0) is 16.1. The van der Waals surface area contributed by atoms with Gasteiger partial charge in [-0.15, -0.1) is 11.3 Å². The number of nitrogens with one attached hydrogen (secondary N) is 1. The van der Waals surface area contributed by atoms with Crippen LogP contribution in [0.25, 0.3) is 0 Å². The number of anilines is 1. The number of aromatic nitrogens is 1. The first-order valence-electron chi connectivity index (χ1n) is 8.20. The third kappa shape index (κ3) is 4.55. The van der Waals surface area contributed by atoms with E-state index in [0.29, 0.717) is 12.5 Å². The molecule has 1 aliphatic rings. The molecule has 4 nitrogen and oxygen atoms in total. The first-order chi connectivity index (χ1) is 11.2. The molecule has 2 heterocycles. The smallest absolute Gasteiger partial charge is 0.220 e. The Balaban J connectivity index is 1.41. The van der Waals surface area contributed by atoms with Gasteiger partial charge in [0.1, 0.15) is 0 Å². The van der Waals surface area contributed by atoms with Crippen LogP contribution in [0.1, 0.15) is 30.4 Å². The summed E-state index contributed by atoms with van der Waals surface area (Å²) >= 11 is 1.68. The molecular formula is C18H23N3OS. The third-order valence-electron chi connectivity index (χ3n) is 4.27. The minimum absolute atomic E-state index is 0.166. The lowest BCUT2D eigenvalue weighted by Gasteiger charge is -2.32. The maximum absolute atomic E-state index is 12.1. The lowest BCUT2D eigenvalue weighted by atomic mass is 10.0. The van der Waals surface area contributed by atoms with E-state index in [9.17, 15) is 4.79 Å². The number of aryl methyl sites for hydroxylation is 2. The van der Waals surface area contributed by atoms with Gasteiger partial charge >= 0.3 is 0 Å². The number of carbonyl (C=O) groups is 1. The average molecular weight is 329 g/mol. The van der Waals surface area contributed by atoms with Crippen LogP contribution in [-0.4, -0.2) is 30.0 Å². The molecule has 1 aromatic heterocycles. The number of carbonyl (C=O) groups excluding carboxylic acids is 1. The molecule has 122 valence electrons. The van der Waals surface area contributed by atoms with E-state index < -0.39 is 0 Å². The number of rotatable bonds is 5. The summed E-state index contributed by atoms with van der Waals surface area (Å²) in [5.74, 6) is 0.166. The molecule has 1 saturated heterocycles. The molecule has 1 fully saturated rings. The fraction of sp³-hybridized carbons (Fsp3) is 0.444. The van der Waals surface area contributed by atoms with Gasteiger partial charge in [-0.2, -0.15) is 0 Å². The minimum Gasteiger partial charge on any atom is -0.353 e. The van der Waals surface area contributed by atoms with Gasteiger partial charge in [-0.25, -0.2) is 4.98 Å². The van der Waals surface area contributed by atoms with E-state index >= 15 is 0 Å². The van der Waals surface area contributed by atoms with E-state index in [1.54, 1.807) is 11.3 Å². The molecule has 3 rings (SSSR count). The monoisotopic (exact) mass is 329 g/mol. The van der Waals surface area contributed by atoms with E-state index in [-0.39, 0.29) is 5.91 Å². The second kappa shape index (κ2) is 7.59. The summed E-state index contributed by atoms with van der Waals surface area (Å²) in [7, 11) is 0. The normalized spacial score (nSPS) is 15.6. The molecule has 5 heteroatoms. The highest BCUT2D eigenvalue weighted by Crippen LogP contribution is 2.22. The Bertz CT molecular complexity index is 633. The standard InChI is InChI=1S/C18H23N3OS/c1-14-3-2-4-15(13-14)5-6-17(22)20-16-7-10-21(11-8-16)18-19-9-12-23-18/h2-4,9,12-13,16H,5-8,10-11H2,1H3,(H,20,22). The average Bonchev–Trinajstić information content (AvgIpc) is 3.08. The SMILES string of the molecule is Cc1cccc(CCC(=O)NC2CCN(c3nccs3)CC2)c1. The second-order valence-electron chi connectivity index (χ2n) is 6.13. The maximum atomic E-state index is 12.1. The van der Waals surface area contributed by atoms with Crippen LogP contribution < -0.4 is 10.2 Å². The van der Waals surface area contributed by atoms with E-state index in [4.69, 9.17) is 0 Å². The number of benzene rings is 1. The molecule has 1 aromatic carbocycles. The number of hydrogen-bond acceptors (Lipinski definition) is 4. The first-order valence-corrected chi connectivity index (χ1v) is 9.08. The van der Waals surface area contributed by atoms with E-state index in [1.807, 2.05) is 11.6 Å². The summed E-state index contributed by atoms with van der Waals surface area (Å²) in [6.07, 6.45) is 5.21. The molecule has 1 amide bonds. The number of nitrogens with zero attached hydrogens (tertiary/aromatic N) is 2. The lowest BCUT2D eigenvalue weighted by molar-refractivity contribution is -0.121. The van der Waals surface area contributed by atoms with Crippen LogP contribution >= 0.6 is 11.3 Å². The molecule has 0 unspecified atom stereocenters. The van der Waals surface area contributed by atoms with Gasteiger partial charge in [-0.1, -0.05) is 29.8 Å². The molecule has 0 aliphatic carbocycles. The van der Waals surface area contributed by atoms with Crippen molar-refractivity contribution in [3.63, 3.8) is 0 Å². The summed E-state index contributed by atoms with van der Waals surface area (Å²) < 4.78 is 0. The van der Waals surface area contributed by atoms with E-state index in [1.165, 1.54) is 11.1 Å². The van der Waals surface area contributed by atoms with Crippen molar-refractivity contribution in [1.29, 1.82) is 0 Å². The van der Waals surface area contributed by atoms with Gasteiger partial charge in [-0.3, -0.25) is 4.79 Å². The quantitative estimate of drug-likeness (QED) is 0.916. The topological polar surface area (TPSA) is 45.2 Å². The highest BCUT2D eigenvalue weighted by Gasteiger charge is 2.21. The second-order valence-corrected chi connectivity index (χ2v) is 7.01. The zero-order valence-electron chi connectivity index (χ0n) is 13.5. The largest absolute Gasteiger partial charge is 0.353 e. The Hall–Kier alpha value is -1.88. The van der Waals surface area contributed by atoms with E-state index in [2.05, 4.69) is 46.4 Å². The number of amides is 1. The molecule has 0 atom stereocenters. The van der Waals surface area contributed by atoms with Crippen molar-refractivity contribution in [3.8, 4) is 0 Å². The summed E-state index contributed by atoms with van der Waals surface area (Å²) in [5, 5.41) is 6.29. The Morgan fingerprint density at radius 1 is 1.39 bits per heavy atom. The third-order valence-corrected chi connectivity index (χ3v) is 5.11. The Kier molecular flexibility index (Phi) is 5.28. The highest BCUT2D eigenvalue weighted by molar-refractivity contribution is 7.13. The summed E-state index contributed by atoms with van der Waals surface area (Å²) in [5.41, 5.74) is 2.48. The molecule has 0 saturated carbocycles. The number of hydrogen-bond donors (Lipinski definition) is 1. The minimum atomic E-state index is 0.166. The summed E-state index contributed by atoms with van der Waals surface area (Å²) in [6, 6.07) is 8.68. The zero-order valence-corrected chi connectivity index (χ0v) is 14.3. The molecule has 1 aliphatic heterocycles. The van der Waals surface area contributed by atoms with Crippen molar-refractivity contribution in [2.45, 2.75) is 38.6 Å². The Morgan fingerprint density at radius 3 is 2.91 bits per heavy atom. The molecule has 1 N–H and O–H groups in total. The van der Waals surface area contributed by atoms with Crippen LogP contribution in [0.4, 0.5) is 5.13 Å². The molecule has 0 bridgehead atoms. The van der Waals surface area contributed by atoms with Gasteiger partial charge in [0.25, 0.3) is 0 Å². The van der Waals surface area contributed by atoms with Crippen molar-refractivity contribution >= 4 is 22.4 Å². The predicted molar refractivity (Wildman–Crippen MR) is 95.0 cm³/mol. The van der Waals surface area contributed by atoms with Gasteiger partial charge in [-0.05, 0) is 31.7 Å². The van der Waals surface area contributed by atoms with Gasteiger partial charge < -0.3 is 10.2 Å². The van der Waals surface area contributed by atoms with Gasteiger partial charge in [0, 0.05) is 37.1 Å². The number of thiazole rings is 1. The van der Waals surface area contributed by atoms with Crippen LogP contribution in [0.2, 0.25) is 0 Å². The van der Waals surface area contributed by atoms with Crippen molar-refractivity contribution < 1.29 is 4.79 Å². The number of piperidine rings is 1. The molecule has 0 radical (unpaired) electrons. The van der Waals surface area contributed by atoms with Crippen molar-refractivity contribution in [1.82, 2.24) is 10.3 Å². The van der Waals surface area contributed by atoms with Crippen molar-refractivity contribution in [3.05, 3.63) is 47.0 Å². The predicted octanol–water partition coefficient (Wildman–Crippen LogP) is 3.17. The fourth-order valence-electron chi connectivity index (χ4n) is 3.01. The summed E-state index contributed by atoms with van der Waals surface area (Å²) in [6.45, 7) is 4.02. The van der Waals surface area contributed by atoms with Crippen molar-refractivity contribution in [2.24, 2.45) is 0 Å². The van der Waals surface area contributed by atoms with Crippen LogP contribution in [0.15, 0.2) is 35.8 Å². The molecule has 2 aromatic rings. The van der Waals surface area contributed by atoms with Gasteiger partial charge in [0.2, 0.25) is 5.91 Å². The summed E-state index contributed by atoms with van der Waals surface area (Å²) in [4.78, 5) is 18.8. The van der Waals surface area contributed by atoms with Crippen LogP contribution in [0.3, 0.4) is 0 Å². The fourth-order valence-corrected chi connectivity index (χ4v) is 3.71. The molecular weight excluding hydrogens is 306 g/mol. The van der Waals surface area contributed by atoms with Crippen LogP contribution in [0.5, 0.6) is 0 Å². The Morgan fingerprint density at radius 2 is 2.22 bits per heavy atom. The Labute approximate surface area is 141 Å². The van der Waals surface area contributed by atoms with Crippen molar-refractivity contribution in [2.75, 3.05) is 18.0 Å². The van der Waals surface area contributed by atoms with E-state index in [0.717, 1.165) is 37.5 Å². The van der Waals surface area contributed by atoms with Gasteiger partial charge in [0.05, 0.1) is 0 Å². The lowest BCUT2D eigenvalue weighted by Crippen LogP contribution is -2.44. The van der Waals surface area contributed by atoms with Gasteiger partial charge in [0.15, 0.2) is 5.13 Å². The van der Waals surface area contributed by atoms with Crippen LogP contribution in [-0.2, 0) is 11.2 Å². The highest BCUT2D eigenvalue weighted by atomic mass is 32.1. The molecule has 0 spiro atoms. The molecule has 23 heavy (non-hydrogen) atoms. The first kappa shape index (κ1) is 16.0. The maximum Gasteiger partial charge on any atom is 0.220 e.